The third-order valence-corrected chi connectivity index (χ3v) is 4.59. The number of fused-ring (bicyclic) bond motifs is 2. The molecule has 2 nitrogen and oxygen atoms in total. The van der Waals surface area contributed by atoms with E-state index in [0.29, 0.717) is 17.9 Å². The summed E-state index contributed by atoms with van der Waals surface area (Å²) in [6.07, 6.45) is 5.05. The standard InChI is InChI=1S/C14H16BrNO/c15-13-6-1-2-7-14(13)16-10-4-3-5-11(16)9-12(17)8-10/h1-2,6-7,10-11H,3-5,8-9H2. The Morgan fingerprint density at radius 1 is 1.12 bits per heavy atom. The van der Waals surface area contributed by atoms with Crippen molar-refractivity contribution in [2.75, 3.05) is 4.90 Å². The Labute approximate surface area is 110 Å². The lowest BCUT2D eigenvalue weighted by Crippen LogP contribution is -2.52. The molecule has 1 aromatic rings. The fraction of sp³-hybridized carbons (Fsp3) is 0.500. The van der Waals surface area contributed by atoms with Gasteiger partial charge in [-0.3, -0.25) is 4.79 Å². The maximum Gasteiger partial charge on any atom is 0.137 e. The minimum atomic E-state index is 0.425. The number of piperidine rings is 2. The summed E-state index contributed by atoms with van der Waals surface area (Å²) in [5.41, 5.74) is 1.26. The highest BCUT2D eigenvalue weighted by molar-refractivity contribution is 9.10. The number of anilines is 1. The molecule has 0 aromatic heterocycles. The monoisotopic (exact) mass is 293 g/mol. The van der Waals surface area contributed by atoms with Crippen LogP contribution in [0.25, 0.3) is 0 Å². The molecule has 0 aliphatic carbocycles. The molecular formula is C14H16BrNO. The number of Topliss-reactive ketones (excluding diaryl/α,β-unsaturated/α-hetero) is 1. The first-order valence-electron chi connectivity index (χ1n) is 6.30. The van der Waals surface area contributed by atoms with E-state index in [9.17, 15) is 4.79 Å². The Morgan fingerprint density at radius 3 is 2.41 bits per heavy atom. The number of carbonyl (C=O) groups excluding carboxylic acids is 1. The number of hydrogen-bond donors (Lipinski definition) is 0. The number of ketones is 1. The number of carbonyl (C=O) groups is 1. The molecule has 2 aliphatic rings. The van der Waals surface area contributed by atoms with E-state index in [1.54, 1.807) is 0 Å². The highest BCUT2D eigenvalue weighted by atomic mass is 79.9. The molecule has 0 N–H and O–H groups in total. The molecule has 17 heavy (non-hydrogen) atoms. The van der Waals surface area contributed by atoms with E-state index < -0.39 is 0 Å². The molecule has 90 valence electrons. The van der Waals surface area contributed by atoms with Crippen LogP contribution in [0.1, 0.15) is 32.1 Å². The third-order valence-electron chi connectivity index (χ3n) is 3.92. The van der Waals surface area contributed by atoms with Crippen molar-refractivity contribution in [1.29, 1.82) is 0 Å². The lowest BCUT2D eigenvalue weighted by molar-refractivity contribution is -0.121. The van der Waals surface area contributed by atoms with Crippen LogP contribution >= 0.6 is 15.9 Å². The number of halogens is 1. The molecule has 3 rings (SSSR count). The van der Waals surface area contributed by atoms with Gasteiger partial charge < -0.3 is 4.90 Å². The van der Waals surface area contributed by atoms with Gasteiger partial charge >= 0.3 is 0 Å². The van der Waals surface area contributed by atoms with Crippen LogP contribution in [-0.2, 0) is 4.79 Å². The van der Waals surface area contributed by atoms with E-state index in [2.05, 4.69) is 39.0 Å². The number of nitrogens with zero attached hydrogens (tertiary/aromatic N) is 1. The zero-order chi connectivity index (χ0) is 11.8. The minimum absolute atomic E-state index is 0.425. The van der Waals surface area contributed by atoms with Gasteiger partial charge in [-0.25, -0.2) is 0 Å². The fourth-order valence-electron chi connectivity index (χ4n) is 3.23. The molecule has 0 spiro atoms. The van der Waals surface area contributed by atoms with Gasteiger partial charge in [-0.05, 0) is 47.3 Å². The second kappa shape index (κ2) is 4.45. The van der Waals surface area contributed by atoms with E-state index in [1.807, 2.05) is 6.07 Å². The number of rotatable bonds is 1. The highest BCUT2D eigenvalue weighted by Gasteiger charge is 2.37. The molecule has 2 fully saturated rings. The molecule has 3 heteroatoms. The number of hydrogen-bond acceptors (Lipinski definition) is 2. The van der Waals surface area contributed by atoms with Crippen LogP contribution < -0.4 is 4.90 Å². The van der Waals surface area contributed by atoms with Crippen LogP contribution in [0, 0.1) is 0 Å². The van der Waals surface area contributed by atoms with Crippen LogP contribution in [0.2, 0.25) is 0 Å². The summed E-state index contributed by atoms with van der Waals surface area (Å²) in [5.74, 6) is 0.447. The van der Waals surface area contributed by atoms with Crippen molar-refractivity contribution < 1.29 is 4.79 Å². The maximum absolute atomic E-state index is 11.7. The molecule has 1 aromatic carbocycles. The van der Waals surface area contributed by atoms with E-state index in [-0.39, 0.29) is 0 Å². The summed E-state index contributed by atoms with van der Waals surface area (Å²) in [5, 5.41) is 0. The molecular weight excluding hydrogens is 278 g/mol. The first-order chi connectivity index (χ1) is 8.25. The van der Waals surface area contributed by atoms with E-state index in [0.717, 1.165) is 30.2 Å². The second-order valence-corrected chi connectivity index (χ2v) is 5.90. The van der Waals surface area contributed by atoms with Gasteiger partial charge in [0.1, 0.15) is 5.78 Å². The SMILES string of the molecule is O=C1CC2CCCC(C1)N2c1ccccc1Br. The molecule has 0 radical (unpaired) electrons. The molecule has 2 bridgehead atoms. The van der Waals surface area contributed by atoms with Crippen molar-refractivity contribution in [2.24, 2.45) is 0 Å². The van der Waals surface area contributed by atoms with E-state index >= 15 is 0 Å². The van der Waals surface area contributed by atoms with Crippen LogP contribution in [-0.4, -0.2) is 17.9 Å². The molecule has 2 heterocycles. The Balaban J connectivity index is 1.97. The Bertz CT molecular complexity index is 430. The van der Waals surface area contributed by atoms with Gasteiger partial charge in [0.25, 0.3) is 0 Å². The first-order valence-corrected chi connectivity index (χ1v) is 7.09. The zero-order valence-electron chi connectivity index (χ0n) is 9.73. The highest BCUT2D eigenvalue weighted by Crippen LogP contribution is 2.39. The Morgan fingerprint density at radius 2 is 1.76 bits per heavy atom. The van der Waals surface area contributed by atoms with Crippen molar-refractivity contribution in [3.05, 3.63) is 28.7 Å². The van der Waals surface area contributed by atoms with Gasteiger partial charge in [0.15, 0.2) is 0 Å². The van der Waals surface area contributed by atoms with Gasteiger partial charge in [0.2, 0.25) is 0 Å². The van der Waals surface area contributed by atoms with Crippen molar-refractivity contribution in [1.82, 2.24) is 0 Å². The van der Waals surface area contributed by atoms with Gasteiger partial charge in [0.05, 0.1) is 5.69 Å². The van der Waals surface area contributed by atoms with E-state index in [4.69, 9.17) is 0 Å². The molecule has 2 unspecified atom stereocenters. The molecule has 2 aliphatic heterocycles. The summed E-state index contributed by atoms with van der Waals surface area (Å²) in [4.78, 5) is 14.2. The Kier molecular flexibility index (Phi) is 2.95. The largest absolute Gasteiger partial charge is 0.364 e. The van der Waals surface area contributed by atoms with Crippen LogP contribution in [0.5, 0.6) is 0 Å². The van der Waals surface area contributed by atoms with Gasteiger partial charge in [-0.15, -0.1) is 0 Å². The smallest absolute Gasteiger partial charge is 0.137 e. The molecule has 0 saturated carbocycles. The Hall–Kier alpha value is -0.830. The molecule has 2 saturated heterocycles. The summed E-state index contributed by atoms with van der Waals surface area (Å²) in [7, 11) is 0. The van der Waals surface area contributed by atoms with Crippen molar-refractivity contribution >= 4 is 27.4 Å². The van der Waals surface area contributed by atoms with Crippen molar-refractivity contribution in [2.45, 2.75) is 44.2 Å². The summed E-state index contributed by atoms with van der Waals surface area (Å²) < 4.78 is 1.14. The van der Waals surface area contributed by atoms with Crippen molar-refractivity contribution in [3.63, 3.8) is 0 Å². The molecule has 2 atom stereocenters. The summed E-state index contributed by atoms with van der Waals surface area (Å²) in [6, 6.07) is 9.21. The minimum Gasteiger partial charge on any atom is -0.364 e. The van der Waals surface area contributed by atoms with E-state index in [1.165, 1.54) is 12.1 Å². The fourth-order valence-corrected chi connectivity index (χ4v) is 3.72. The lowest BCUT2D eigenvalue weighted by atomic mass is 9.83. The summed E-state index contributed by atoms with van der Waals surface area (Å²) >= 11 is 3.63. The average Bonchev–Trinajstić information content (AvgIpc) is 2.29. The second-order valence-electron chi connectivity index (χ2n) is 5.04. The number of benzene rings is 1. The quantitative estimate of drug-likeness (QED) is 0.789. The third kappa shape index (κ3) is 2.01. The predicted molar refractivity (Wildman–Crippen MR) is 72.3 cm³/mol. The average molecular weight is 294 g/mol. The van der Waals surface area contributed by atoms with Gasteiger partial charge in [-0.1, -0.05) is 12.1 Å². The van der Waals surface area contributed by atoms with Crippen LogP contribution in [0.4, 0.5) is 5.69 Å². The summed E-state index contributed by atoms with van der Waals surface area (Å²) in [6.45, 7) is 0. The van der Waals surface area contributed by atoms with Crippen LogP contribution in [0.3, 0.4) is 0 Å². The van der Waals surface area contributed by atoms with Gasteiger partial charge in [0, 0.05) is 29.4 Å². The topological polar surface area (TPSA) is 20.3 Å². The first kappa shape index (κ1) is 11.3. The van der Waals surface area contributed by atoms with Crippen molar-refractivity contribution in [3.8, 4) is 0 Å². The van der Waals surface area contributed by atoms with Gasteiger partial charge in [-0.2, -0.15) is 0 Å². The molecule has 0 amide bonds. The zero-order valence-corrected chi connectivity index (χ0v) is 11.3. The normalized spacial score (nSPS) is 28.3. The van der Waals surface area contributed by atoms with Crippen LogP contribution in [0.15, 0.2) is 28.7 Å². The number of para-hydroxylation sites is 1. The lowest BCUT2D eigenvalue weighted by Gasteiger charge is -2.47. The maximum atomic E-state index is 11.7. The predicted octanol–water partition coefficient (Wildman–Crippen LogP) is 3.54.